The molecule has 0 saturated carbocycles. The normalized spacial score (nSPS) is 11.4. The zero-order valence-corrected chi connectivity index (χ0v) is 16.0. The van der Waals surface area contributed by atoms with Crippen LogP contribution in [0.2, 0.25) is 0 Å². The molecule has 9 heteroatoms. The van der Waals surface area contributed by atoms with Crippen LogP contribution in [0.3, 0.4) is 0 Å². The molecule has 0 aliphatic carbocycles. The number of nitrogens with one attached hydrogen (secondary N) is 1. The Bertz CT molecular complexity index is 877. The van der Waals surface area contributed by atoms with Crippen LogP contribution in [-0.2, 0) is 26.1 Å². The number of furan rings is 1. The molecule has 0 atom stereocenters. The number of hydrogen-bond donors (Lipinski definition) is 1. The van der Waals surface area contributed by atoms with Crippen molar-refractivity contribution in [3.63, 3.8) is 0 Å². The molecule has 27 heavy (non-hydrogen) atoms. The van der Waals surface area contributed by atoms with Gasteiger partial charge in [-0.1, -0.05) is 12.1 Å². The molecule has 0 bridgehead atoms. The number of anilines is 1. The highest BCUT2D eigenvalue weighted by molar-refractivity contribution is 7.88. The van der Waals surface area contributed by atoms with E-state index in [0.29, 0.717) is 11.4 Å². The Hall–Kier alpha value is -2.65. The van der Waals surface area contributed by atoms with Crippen LogP contribution in [0.25, 0.3) is 0 Å². The number of nitrogens with zero attached hydrogens (tertiary/aromatic N) is 1. The number of carbonyl (C=O) groups excluding carboxylic acids is 2. The van der Waals surface area contributed by atoms with Crippen molar-refractivity contribution in [2.45, 2.75) is 19.9 Å². The van der Waals surface area contributed by atoms with Gasteiger partial charge >= 0.3 is 5.97 Å². The first kappa shape index (κ1) is 20.7. The van der Waals surface area contributed by atoms with Crippen LogP contribution in [0.1, 0.15) is 29.5 Å². The zero-order chi connectivity index (χ0) is 19.9. The number of rotatable bonds is 9. The SMILES string of the molecule is CCOC(=O)c1ccccc1NC(=O)CCN(Cc1ccco1)S(C)(=O)=O. The van der Waals surface area contributed by atoms with E-state index >= 15 is 0 Å². The van der Waals surface area contributed by atoms with E-state index in [-0.39, 0.29) is 31.7 Å². The van der Waals surface area contributed by atoms with Crippen molar-refractivity contribution in [1.82, 2.24) is 4.31 Å². The Balaban J connectivity index is 2.01. The lowest BCUT2D eigenvalue weighted by molar-refractivity contribution is -0.116. The lowest BCUT2D eigenvalue weighted by atomic mass is 10.1. The third kappa shape index (κ3) is 6.22. The maximum absolute atomic E-state index is 12.3. The molecule has 146 valence electrons. The standard InChI is InChI=1S/C18H22N2O6S/c1-3-25-18(22)15-8-4-5-9-16(15)19-17(21)10-11-20(27(2,23)24)13-14-7-6-12-26-14/h4-9,12H,3,10-11,13H2,1-2H3,(H,19,21). The Kier molecular flexibility index (Phi) is 7.14. The second-order valence-corrected chi connectivity index (χ2v) is 7.72. The number of carbonyl (C=O) groups is 2. The summed E-state index contributed by atoms with van der Waals surface area (Å²) in [7, 11) is -3.52. The van der Waals surface area contributed by atoms with E-state index in [1.54, 1.807) is 43.3 Å². The Morgan fingerprint density at radius 2 is 1.93 bits per heavy atom. The van der Waals surface area contributed by atoms with Gasteiger partial charge < -0.3 is 14.5 Å². The lowest BCUT2D eigenvalue weighted by Gasteiger charge is -2.18. The Labute approximate surface area is 158 Å². The molecule has 1 N–H and O–H groups in total. The van der Waals surface area contributed by atoms with Crippen molar-refractivity contribution in [3.8, 4) is 0 Å². The lowest BCUT2D eigenvalue weighted by Crippen LogP contribution is -2.32. The number of ether oxygens (including phenoxy) is 1. The van der Waals surface area contributed by atoms with Crippen LogP contribution < -0.4 is 5.32 Å². The number of esters is 1. The average molecular weight is 394 g/mol. The van der Waals surface area contributed by atoms with Crippen LogP contribution >= 0.6 is 0 Å². The van der Waals surface area contributed by atoms with E-state index < -0.39 is 21.9 Å². The van der Waals surface area contributed by atoms with Gasteiger partial charge in [0.2, 0.25) is 15.9 Å². The number of para-hydroxylation sites is 1. The van der Waals surface area contributed by atoms with Gasteiger partial charge in [0, 0.05) is 13.0 Å². The van der Waals surface area contributed by atoms with Crippen LogP contribution in [0.4, 0.5) is 5.69 Å². The molecule has 1 amide bonds. The highest BCUT2D eigenvalue weighted by Gasteiger charge is 2.20. The molecule has 0 unspecified atom stereocenters. The first-order valence-corrected chi connectivity index (χ1v) is 10.2. The predicted octanol–water partition coefficient (Wildman–Crippen LogP) is 2.25. The van der Waals surface area contributed by atoms with E-state index in [1.807, 2.05) is 0 Å². The monoisotopic (exact) mass is 394 g/mol. The second kappa shape index (κ2) is 9.33. The van der Waals surface area contributed by atoms with Gasteiger partial charge in [0.05, 0.1) is 36.9 Å². The molecule has 0 fully saturated rings. The van der Waals surface area contributed by atoms with Gasteiger partial charge in [-0.15, -0.1) is 0 Å². The number of benzene rings is 1. The summed E-state index contributed by atoms with van der Waals surface area (Å²) in [5, 5.41) is 2.63. The predicted molar refractivity (Wildman–Crippen MR) is 99.6 cm³/mol. The fraction of sp³-hybridized carbons (Fsp3) is 0.333. The molecule has 0 radical (unpaired) electrons. The summed E-state index contributed by atoms with van der Waals surface area (Å²) in [5.74, 6) is -0.475. The zero-order valence-electron chi connectivity index (χ0n) is 15.2. The maximum atomic E-state index is 12.3. The van der Waals surface area contributed by atoms with E-state index in [4.69, 9.17) is 9.15 Å². The minimum atomic E-state index is -3.52. The third-order valence-electron chi connectivity index (χ3n) is 3.67. The molecule has 1 heterocycles. The second-order valence-electron chi connectivity index (χ2n) is 5.74. The van der Waals surface area contributed by atoms with Gasteiger partial charge in [0.25, 0.3) is 0 Å². The number of hydrogen-bond acceptors (Lipinski definition) is 6. The smallest absolute Gasteiger partial charge is 0.340 e. The van der Waals surface area contributed by atoms with Gasteiger partial charge in [-0.3, -0.25) is 4.79 Å². The largest absolute Gasteiger partial charge is 0.468 e. The highest BCUT2D eigenvalue weighted by Crippen LogP contribution is 2.17. The topological polar surface area (TPSA) is 106 Å². The van der Waals surface area contributed by atoms with Gasteiger partial charge in [-0.2, -0.15) is 4.31 Å². The summed E-state index contributed by atoms with van der Waals surface area (Å²) >= 11 is 0. The summed E-state index contributed by atoms with van der Waals surface area (Å²) in [6.07, 6.45) is 2.45. The molecular weight excluding hydrogens is 372 g/mol. The first-order valence-electron chi connectivity index (χ1n) is 8.34. The summed E-state index contributed by atoms with van der Waals surface area (Å²) in [6, 6.07) is 9.80. The highest BCUT2D eigenvalue weighted by atomic mass is 32.2. The number of sulfonamides is 1. The fourth-order valence-electron chi connectivity index (χ4n) is 2.36. The molecular formula is C18H22N2O6S. The van der Waals surface area contributed by atoms with Crippen molar-refractivity contribution in [2.24, 2.45) is 0 Å². The first-order chi connectivity index (χ1) is 12.8. The molecule has 1 aromatic carbocycles. The minimum absolute atomic E-state index is 0.0209. The van der Waals surface area contributed by atoms with E-state index in [9.17, 15) is 18.0 Å². The fourth-order valence-corrected chi connectivity index (χ4v) is 3.14. The minimum Gasteiger partial charge on any atom is -0.468 e. The van der Waals surface area contributed by atoms with Crippen molar-refractivity contribution in [1.29, 1.82) is 0 Å². The van der Waals surface area contributed by atoms with Crippen molar-refractivity contribution in [2.75, 3.05) is 24.7 Å². The van der Waals surface area contributed by atoms with Crippen LogP contribution in [0, 0.1) is 0 Å². The Morgan fingerprint density at radius 1 is 1.19 bits per heavy atom. The molecule has 1 aromatic heterocycles. The summed E-state index contributed by atoms with van der Waals surface area (Å²) in [4.78, 5) is 24.2. The third-order valence-corrected chi connectivity index (χ3v) is 4.92. The van der Waals surface area contributed by atoms with Gasteiger partial charge in [0.15, 0.2) is 0 Å². The maximum Gasteiger partial charge on any atom is 0.340 e. The van der Waals surface area contributed by atoms with Gasteiger partial charge in [0.1, 0.15) is 5.76 Å². The molecule has 0 aliphatic rings. The molecule has 2 aromatic rings. The molecule has 0 spiro atoms. The molecule has 0 aliphatic heterocycles. The Morgan fingerprint density at radius 3 is 2.56 bits per heavy atom. The van der Waals surface area contributed by atoms with Crippen LogP contribution in [-0.4, -0.2) is 44.0 Å². The molecule has 8 nitrogen and oxygen atoms in total. The number of amides is 1. The molecule has 2 rings (SSSR count). The quantitative estimate of drug-likeness (QED) is 0.654. The summed E-state index contributed by atoms with van der Waals surface area (Å²) in [6.45, 7) is 1.93. The van der Waals surface area contributed by atoms with Gasteiger partial charge in [-0.25, -0.2) is 13.2 Å². The molecule has 0 saturated heterocycles. The van der Waals surface area contributed by atoms with Crippen LogP contribution in [0.5, 0.6) is 0 Å². The van der Waals surface area contributed by atoms with Crippen molar-refractivity contribution in [3.05, 3.63) is 54.0 Å². The van der Waals surface area contributed by atoms with Gasteiger partial charge in [-0.05, 0) is 31.2 Å². The van der Waals surface area contributed by atoms with Crippen molar-refractivity contribution < 1.29 is 27.2 Å². The summed E-state index contributed by atoms with van der Waals surface area (Å²) < 4.78 is 35.2. The van der Waals surface area contributed by atoms with E-state index in [0.717, 1.165) is 10.6 Å². The van der Waals surface area contributed by atoms with Crippen LogP contribution in [0.15, 0.2) is 47.1 Å². The van der Waals surface area contributed by atoms with Crippen molar-refractivity contribution >= 4 is 27.6 Å². The van der Waals surface area contributed by atoms with E-state index in [1.165, 1.54) is 6.26 Å². The summed E-state index contributed by atoms with van der Waals surface area (Å²) in [5.41, 5.74) is 0.557. The average Bonchev–Trinajstić information content (AvgIpc) is 3.11. The van der Waals surface area contributed by atoms with E-state index in [2.05, 4.69) is 5.32 Å².